The van der Waals surface area contributed by atoms with Crippen LogP contribution in [0, 0.1) is 12.7 Å². The van der Waals surface area contributed by atoms with Crippen molar-refractivity contribution in [1.82, 2.24) is 19.9 Å². The van der Waals surface area contributed by atoms with Crippen molar-refractivity contribution in [1.29, 1.82) is 0 Å². The maximum Gasteiger partial charge on any atom is 0.212 e. The van der Waals surface area contributed by atoms with Gasteiger partial charge in [-0.15, -0.1) is 0 Å². The lowest BCUT2D eigenvalue weighted by molar-refractivity contribution is 0.555. The van der Waals surface area contributed by atoms with E-state index in [1.807, 2.05) is 17.5 Å². The normalized spacial score (nSPS) is 18.4. The number of nitrogens with one attached hydrogen (secondary N) is 1. The minimum Gasteiger partial charge on any atom is -0.305 e. The van der Waals surface area contributed by atoms with E-state index in [9.17, 15) is 4.39 Å². The van der Waals surface area contributed by atoms with Crippen LogP contribution in [0.3, 0.4) is 0 Å². The third-order valence-electron chi connectivity index (χ3n) is 3.58. The van der Waals surface area contributed by atoms with E-state index in [1.165, 1.54) is 16.6 Å². The maximum absolute atomic E-state index is 13.4. The lowest BCUT2D eigenvalue weighted by Gasteiger charge is -2.23. The van der Waals surface area contributed by atoms with Crippen LogP contribution in [0.1, 0.15) is 28.0 Å². The topological polar surface area (TPSA) is 42.2 Å². The van der Waals surface area contributed by atoms with Gasteiger partial charge < -0.3 is 5.32 Å². The molecule has 3 heterocycles. The number of rotatable bonds is 1. The highest BCUT2D eigenvalue weighted by Gasteiger charge is 2.27. The summed E-state index contributed by atoms with van der Waals surface area (Å²) in [4.78, 5) is 6.54. The second kappa shape index (κ2) is 4.36. The summed E-state index contributed by atoms with van der Waals surface area (Å²) in [7, 11) is 0. The zero-order chi connectivity index (χ0) is 13.7. The van der Waals surface area contributed by atoms with Crippen LogP contribution in [0.5, 0.6) is 0 Å². The number of thiazole rings is 1. The number of halogens is 1. The van der Waals surface area contributed by atoms with Crippen LogP contribution in [-0.2, 0) is 6.42 Å². The van der Waals surface area contributed by atoms with Crippen molar-refractivity contribution in [3.63, 3.8) is 0 Å². The fourth-order valence-corrected chi connectivity index (χ4v) is 3.99. The molecule has 1 atom stereocenters. The number of nitrogens with zero attached hydrogens (tertiary/aromatic N) is 3. The van der Waals surface area contributed by atoms with Crippen LogP contribution < -0.4 is 5.32 Å². The first-order valence-electron chi connectivity index (χ1n) is 6.56. The first kappa shape index (κ1) is 12.0. The van der Waals surface area contributed by atoms with E-state index in [0.717, 1.165) is 29.3 Å². The molecule has 1 unspecified atom stereocenters. The molecule has 102 valence electrons. The van der Waals surface area contributed by atoms with Gasteiger partial charge in [-0.25, -0.2) is 13.9 Å². The monoisotopic (exact) mass is 288 g/mol. The molecule has 4 rings (SSSR count). The molecule has 4 nitrogen and oxygen atoms in total. The second-order valence-corrected chi connectivity index (χ2v) is 5.97. The average Bonchev–Trinajstić information content (AvgIpc) is 2.94. The van der Waals surface area contributed by atoms with Crippen molar-refractivity contribution in [2.24, 2.45) is 0 Å². The number of hydrogen-bond donors (Lipinski definition) is 1. The van der Waals surface area contributed by atoms with Gasteiger partial charge in [-0.05, 0) is 24.6 Å². The lowest BCUT2D eigenvalue weighted by Crippen LogP contribution is -2.30. The first-order chi connectivity index (χ1) is 9.72. The van der Waals surface area contributed by atoms with E-state index in [4.69, 9.17) is 0 Å². The van der Waals surface area contributed by atoms with Crippen LogP contribution in [0.2, 0.25) is 0 Å². The molecule has 1 N–H and O–H groups in total. The molecule has 1 aromatic carbocycles. The van der Waals surface area contributed by atoms with Crippen LogP contribution >= 0.6 is 11.3 Å². The third kappa shape index (κ3) is 1.76. The zero-order valence-electron chi connectivity index (χ0n) is 10.9. The van der Waals surface area contributed by atoms with E-state index in [0.29, 0.717) is 0 Å². The van der Waals surface area contributed by atoms with E-state index < -0.39 is 0 Å². The molecule has 0 aliphatic carbocycles. The van der Waals surface area contributed by atoms with Crippen molar-refractivity contribution in [3.8, 4) is 0 Å². The summed E-state index contributed by atoms with van der Waals surface area (Å²) in [5, 5.41) is 7.91. The van der Waals surface area contributed by atoms with Gasteiger partial charge in [0.1, 0.15) is 11.6 Å². The molecular formula is C14H13FN4S. The van der Waals surface area contributed by atoms with Crippen molar-refractivity contribution >= 4 is 16.3 Å². The van der Waals surface area contributed by atoms with E-state index in [1.54, 1.807) is 23.5 Å². The van der Waals surface area contributed by atoms with Gasteiger partial charge in [0.15, 0.2) is 0 Å². The average molecular weight is 288 g/mol. The molecule has 0 spiro atoms. The Balaban J connectivity index is 1.87. The summed E-state index contributed by atoms with van der Waals surface area (Å²) in [6, 6.07) is 6.80. The van der Waals surface area contributed by atoms with Crippen LogP contribution in [0.4, 0.5) is 4.39 Å². The van der Waals surface area contributed by atoms with E-state index in [-0.39, 0.29) is 11.9 Å². The number of hydrogen-bond acceptors (Lipinski definition) is 4. The molecule has 0 bridgehead atoms. The fraction of sp³-hybridized carbons (Fsp3) is 0.286. The molecule has 2 aromatic heterocycles. The highest BCUT2D eigenvalue weighted by Crippen LogP contribution is 2.35. The van der Waals surface area contributed by atoms with Crippen LogP contribution in [0.15, 0.2) is 24.3 Å². The maximum atomic E-state index is 13.4. The van der Waals surface area contributed by atoms with E-state index >= 15 is 0 Å². The van der Waals surface area contributed by atoms with Gasteiger partial charge in [0, 0.05) is 13.0 Å². The minimum atomic E-state index is -0.202. The Morgan fingerprint density at radius 1 is 1.45 bits per heavy atom. The lowest BCUT2D eigenvalue weighted by atomic mass is 10.00. The Morgan fingerprint density at radius 3 is 3.20 bits per heavy atom. The predicted octanol–water partition coefficient (Wildman–Crippen LogP) is 2.47. The summed E-state index contributed by atoms with van der Waals surface area (Å²) < 4.78 is 15.4. The van der Waals surface area contributed by atoms with Crippen molar-refractivity contribution in [3.05, 3.63) is 52.0 Å². The van der Waals surface area contributed by atoms with Crippen molar-refractivity contribution in [2.75, 3.05) is 6.54 Å². The summed E-state index contributed by atoms with van der Waals surface area (Å²) in [6.07, 6.45) is 0.921. The first-order valence-corrected chi connectivity index (χ1v) is 7.38. The smallest absolute Gasteiger partial charge is 0.212 e. The molecule has 1 aliphatic rings. The summed E-state index contributed by atoms with van der Waals surface area (Å²) in [5.74, 6) is 0.589. The molecule has 6 heteroatoms. The van der Waals surface area contributed by atoms with E-state index in [2.05, 4.69) is 15.4 Å². The molecule has 0 saturated carbocycles. The van der Waals surface area contributed by atoms with Gasteiger partial charge in [-0.1, -0.05) is 23.5 Å². The number of fused-ring (bicyclic) bond motifs is 3. The quantitative estimate of drug-likeness (QED) is 0.748. The van der Waals surface area contributed by atoms with Gasteiger partial charge >= 0.3 is 0 Å². The number of benzene rings is 1. The molecule has 0 fully saturated rings. The fourth-order valence-electron chi connectivity index (χ4n) is 2.74. The number of aryl methyl sites for hydroxylation is 1. The molecule has 1 aliphatic heterocycles. The molecule has 0 radical (unpaired) electrons. The number of aromatic nitrogens is 3. The third-order valence-corrected chi connectivity index (χ3v) is 4.72. The standard InChI is InChI=1S/C14H13FN4S/c1-8-17-14-19(18-8)11-5-6-16-12(13(11)20-14)9-3-2-4-10(15)7-9/h2-4,7,12,16H,5-6H2,1H3. The molecule has 0 saturated heterocycles. The molecule has 3 aromatic rings. The Bertz CT molecular complexity index is 792. The molecule has 20 heavy (non-hydrogen) atoms. The second-order valence-electron chi connectivity index (χ2n) is 4.96. The molecule has 0 amide bonds. The van der Waals surface area contributed by atoms with Crippen LogP contribution in [-0.4, -0.2) is 21.1 Å². The van der Waals surface area contributed by atoms with Gasteiger partial charge in [0.05, 0.1) is 16.6 Å². The molecular weight excluding hydrogens is 275 g/mol. The summed E-state index contributed by atoms with van der Waals surface area (Å²) >= 11 is 1.63. The van der Waals surface area contributed by atoms with Gasteiger partial charge in [0.2, 0.25) is 4.96 Å². The van der Waals surface area contributed by atoms with Crippen molar-refractivity contribution < 1.29 is 4.39 Å². The van der Waals surface area contributed by atoms with Crippen LogP contribution in [0.25, 0.3) is 4.96 Å². The SMILES string of the molecule is Cc1nc2sc3c(n2n1)CCNC3c1cccc(F)c1. The zero-order valence-corrected chi connectivity index (χ0v) is 11.7. The Labute approximate surface area is 119 Å². The Morgan fingerprint density at radius 2 is 2.35 bits per heavy atom. The van der Waals surface area contributed by atoms with Gasteiger partial charge in [-0.2, -0.15) is 5.10 Å². The Kier molecular flexibility index (Phi) is 2.61. The minimum absolute atomic E-state index is 0.0308. The summed E-state index contributed by atoms with van der Waals surface area (Å²) in [5.41, 5.74) is 2.14. The van der Waals surface area contributed by atoms with Gasteiger partial charge in [-0.3, -0.25) is 0 Å². The Hall–Kier alpha value is -1.79. The predicted molar refractivity (Wildman–Crippen MR) is 75.6 cm³/mol. The van der Waals surface area contributed by atoms with Gasteiger partial charge in [0.25, 0.3) is 0 Å². The largest absolute Gasteiger partial charge is 0.305 e. The highest BCUT2D eigenvalue weighted by molar-refractivity contribution is 7.17. The summed E-state index contributed by atoms with van der Waals surface area (Å²) in [6.45, 7) is 2.76. The highest BCUT2D eigenvalue weighted by atomic mass is 32.1. The van der Waals surface area contributed by atoms with Crippen molar-refractivity contribution in [2.45, 2.75) is 19.4 Å².